The van der Waals surface area contributed by atoms with Crippen molar-refractivity contribution in [1.29, 1.82) is 0 Å². The summed E-state index contributed by atoms with van der Waals surface area (Å²) in [7, 11) is 0. The summed E-state index contributed by atoms with van der Waals surface area (Å²) in [5.74, 6) is 2.58. The predicted molar refractivity (Wildman–Crippen MR) is 56.0 cm³/mol. The van der Waals surface area contributed by atoms with Crippen LogP contribution in [0.2, 0.25) is 0 Å². The number of H-pyrrole nitrogens is 1. The molecule has 1 heterocycles. The van der Waals surface area contributed by atoms with Crippen molar-refractivity contribution in [2.24, 2.45) is 0 Å². The lowest BCUT2D eigenvalue weighted by Crippen LogP contribution is -1.94. The second-order valence-corrected chi connectivity index (χ2v) is 3.12. The van der Waals surface area contributed by atoms with Crippen molar-refractivity contribution < 1.29 is 0 Å². The number of imidazole rings is 1. The van der Waals surface area contributed by atoms with Crippen molar-refractivity contribution in [3.05, 3.63) is 29.0 Å². The summed E-state index contributed by atoms with van der Waals surface area (Å²) in [6, 6.07) is 7.92. The number of terminal acetylenes is 1. The molecular formula is C10H8N2S. The quantitative estimate of drug-likeness (QED) is 0.538. The topological polar surface area (TPSA) is 20.7 Å². The third-order valence-corrected chi connectivity index (χ3v) is 2.25. The minimum atomic E-state index is 0.517. The Labute approximate surface area is 81.2 Å². The van der Waals surface area contributed by atoms with Crippen LogP contribution in [0.15, 0.2) is 24.3 Å². The van der Waals surface area contributed by atoms with Gasteiger partial charge in [-0.15, -0.1) is 6.42 Å². The Bertz CT molecular complexity index is 528. The predicted octanol–water partition coefficient (Wildman–Crippen LogP) is 2.33. The Hall–Kier alpha value is -1.53. The molecule has 0 saturated heterocycles. The fourth-order valence-corrected chi connectivity index (χ4v) is 1.63. The van der Waals surface area contributed by atoms with Gasteiger partial charge in [-0.05, 0) is 24.4 Å². The van der Waals surface area contributed by atoms with Crippen LogP contribution in [0.3, 0.4) is 0 Å². The van der Waals surface area contributed by atoms with Gasteiger partial charge in [-0.2, -0.15) is 0 Å². The second kappa shape index (κ2) is 3.08. The molecule has 0 fully saturated rings. The number of rotatable bonds is 1. The highest BCUT2D eigenvalue weighted by atomic mass is 32.1. The minimum Gasteiger partial charge on any atom is -0.331 e. The van der Waals surface area contributed by atoms with Crippen LogP contribution >= 0.6 is 12.2 Å². The number of hydrogen-bond donors (Lipinski definition) is 1. The van der Waals surface area contributed by atoms with E-state index in [-0.39, 0.29) is 0 Å². The van der Waals surface area contributed by atoms with Gasteiger partial charge in [0.2, 0.25) is 0 Å². The van der Waals surface area contributed by atoms with Crippen LogP contribution in [0, 0.1) is 17.1 Å². The number of para-hydroxylation sites is 2. The van der Waals surface area contributed by atoms with Gasteiger partial charge in [0.25, 0.3) is 0 Å². The molecule has 0 aliphatic rings. The maximum Gasteiger partial charge on any atom is 0.178 e. The fourth-order valence-electron chi connectivity index (χ4n) is 1.36. The molecule has 3 heteroatoms. The lowest BCUT2D eigenvalue weighted by atomic mass is 10.3. The van der Waals surface area contributed by atoms with Gasteiger partial charge in [0.15, 0.2) is 4.77 Å². The van der Waals surface area contributed by atoms with Crippen molar-refractivity contribution in [1.82, 2.24) is 9.55 Å². The van der Waals surface area contributed by atoms with E-state index >= 15 is 0 Å². The van der Waals surface area contributed by atoms with E-state index in [1.807, 2.05) is 28.8 Å². The third-order valence-electron chi connectivity index (χ3n) is 1.93. The Morgan fingerprint density at radius 2 is 2.23 bits per heavy atom. The van der Waals surface area contributed by atoms with Crippen molar-refractivity contribution in [2.75, 3.05) is 0 Å². The zero-order valence-electron chi connectivity index (χ0n) is 6.95. The number of aromatic amines is 1. The molecule has 1 aromatic heterocycles. The van der Waals surface area contributed by atoms with E-state index in [0.717, 1.165) is 11.0 Å². The molecule has 0 spiro atoms. The largest absolute Gasteiger partial charge is 0.331 e. The molecular weight excluding hydrogens is 180 g/mol. The number of hydrogen-bond acceptors (Lipinski definition) is 1. The number of benzene rings is 1. The van der Waals surface area contributed by atoms with Crippen molar-refractivity contribution in [2.45, 2.75) is 6.54 Å². The molecule has 0 bridgehead atoms. The molecule has 2 aromatic rings. The van der Waals surface area contributed by atoms with Crippen LogP contribution < -0.4 is 0 Å². The van der Waals surface area contributed by atoms with Crippen LogP contribution in [-0.4, -0.2) is 9.55 Å². The van der Waals surface area contributed by atoms with E-state index in [0.29, 0.717) is 11.3 Å². The molecule has 0 atom stereocenters. The summed E-state index contributed by atoms with van der Waals surface area (Å²) < 4.78 is 2.59. The summed E-state index contributed by atoms with van der Waals surface area (Å²) in [5.41, 5.74) is 2.09. The Balaban J connectivity index is 2.80. The van der Waals surface area contributed by atoms with E-state index < -0.39 is 0 Å². The summed E-state index contributed by atoms with van der Waals surface area (Å²) in [6.45, 7) is 0.517. The third kappa shape index (κ3) is 1.25. The monoisotopic (exact) mass is 188 g/mol. The maximum atomic E-state index is 5.25. The Morgan fingerprint density at radius 3 is 3.00 bits per heavy atom. The summed E-state index contributed by atoms with van der Waals surface area (Å²) >= 11 is 5.13. The zero-order chi connectivity index (χ0) is 9.26. The standard InChI is InChI=1S/C10H8N2S/c1-2-7-12-9-6-4-3-5-8(9)11-10(12)13/h1,3-6H,7H2,(H,11,13). The number of nitrogens with zero attached hydrogens (tertiary/aromatic N) is 1. The highest BCUT2D eigenvalue weighted by Crippen LogP contribution is 2.12. The van der Waals surface area contributed by atoms with Crippen molar-refractivity contribution in [3.8, 4) is 12.3 Å². The molecule has 1 aromatic carbocycles. The first-order chi connectivity index (χ1) is 6.33. The fraction of sp³-hybridized carbons (Fsp3) is 0.100. The first kappa shape index (κ1) is 8.09. The van der Waals surface area contributed by atoms with E-state index in [1.165, 1.54) is 0 Å². The molecule has 0 aliphatic carbocycles. The molecule has 0 unspecified atom stereocenters. The normalized spacial score (nSPS) is 10.1. The lowest BCUT2D eigenvalue weighted by Gasteiger charge is -1.96. The number of aromatic nitrogens is 2. The van der Waals surface area contributed by atoms with Crippen LogP contribution in [0.5, 0.6) is 0 Å². The van der Waals surface area contributed by atoms with E-state index in [2.05, 4.69) is 10.9 Å². The van der Waals surface area contributed by atoms with E-state index in [4.69, 9.17) is 18.6 Å². The lowest BCUT2D eigenvalue weighted by molar-refractivity contribution is 0.854. The molecule has 0 aliphatic heterocycles. The smallest absolute Gasteiger partial charge is 0.178 e. The van der Waals surface area contributed by atoms with Crippen molar-refractivity contribution in [3.63, 3.8) is 0 Å². The molecule has 1 N–H and O–H groups in total. The molecule has 0 saturated carbocycles. The van der Waals surface area contributed by atoms with Crippen LogP contribution in [0.4, 0.5) is 0 Å². The van der Waals surface area contributed by atoms with E-state index in [9.17, 15) is 0 Å². The van der Waals surface area contributed by atoms with Crippen LogP contribution in [0.25, 0.3) is 11.0 Å². The Morgan fingerprint density at radius 1 is 1.46 bits per heavy atom. The molecule has 2 rings (SSSR count). The van der Waals surface area contributed by atoms with Gasteiger partial charge in [0.05, 0.1) is 17.6 Å². The van der Waals surface area contributed by atoms with Gasteiger partial charge in [0, 0.05) is 0 Å². The maximum absolute atomic E-state index is 5.25. The van der Waals surface area contributed by atoms with Gasteiger partial charge >= 0.3 is 0 Å². The number of nitrogens with one attached hydrogen (secondary N) is 1. The number of fused-ring (bicyclic) bond motifs is 1. The van der Waals surface area contributed by atoms with Gasteiger partial charge in [-0.3, -0.25) is 0 Å². The summed E-state index contributed by atoms with van der Waals surface area (Å²) in [4.78, 5) is 3.09. The highest BCUT2D eigenvalue weighted by molar-refractivity contribution is 7.71. The van der Waals surface area contributed by atoms with Crippen LogP contribution in [-0.2, 0) is 6.54 Å². The van der Waals surface area contributed by atoms with Crippen molar-refractivity contribution >= 4 is 23.3 Å². The van der Waals surface area contributed by atoms with Crippen LogP contribution in [0.1, 0.15) is 0 Å². The Kier molecular flexibility index (Phi) is 1.91. The molecule has 0 radical (unpaired) electrons. The molecule has 13 heavy (non-hydrogen) atoms. The van der Waals surface area contributed by atoms with Gasteiger partial charge < -0.3 is 9.55 Å². The minimum absolute atomic E-state index is 0.517. The summed E-state index contributed by atoms with van der Waals surface area (Å²) in [5, 5.41) is 0. The van der Waals surface area contributed by atoms with E-state index in [1.54, 1.807) is 0 Å². The first-order valence-corrected chi connectivity index (χ1v) is 4.35. The molecule has 2 nitrogen and oxygen atoms in total. The molecule has 0 amide bonds. The first-order valence-electron chi connectivity index (χ1n) is 3.94. The SMILES string of the molecule is C#CCn1c(=S)[nH]c2ccccc21. The second-order valence-electron chi connectivity index (χ2n) is 2.74. The zero-order valence-corrected chi connectivity index (χ0v) is 7.77. The van der Waals surface area contributed by atoms with Gasteiger partial charge in [-0.1, -0.05) is 18.1 Å². The summed E-state index contributed by atoms with van der Waals surface area (Å²) in [6.07, 6.45) is 5.25. The highest BCUT2D eigenvalue weighted by Gasteiger charge is 2.00. The average Bonchev–Trinajstić information content (AvgIpc) is 2.44. The van der Waals surface area contributed by atoms with Gasteiger partial charge in [0.1, 0.15) is 0 Å². The average molecular weight is 188 g/mol. The van der Waals surface area contributed by atoms with Gasteiger partial charge in [-0.25, -0.2) is 0 Å². The molecule has 64 valence electrons.